The number of hydrogen-bond acceptors (Lipinski definition) is 3. The maximum absolute atomic E-state index is 12.1. The van der Waals surface area contributed by atoms with Gasteiger partial charge in [-0.05, 0) is 50.8 Å². The number of carbonyl (C=O) groups is 1. The molecule has 5 nitrogen and oxygen atoms in total. The Balaban J connectivity index is 1.69. The molecule has 1 aromatic rings. The van der Waals surface area contributed by atoms with Crippen LogP contribution in [0.25, 0.3) is 0 Å². The van der Waals surface area contributed by atoms with Gasteiger partial charge in [0.25, 0.3) is 0 Å². The molecule has 0 spiro atoms. The molecule has 0 aromatic heterocycles. The van der Waals surface area contributed by atoms with Gasteiger partial charge >= 0.3 is 6.03 Å². The van der Waals surface area contributed by atoms with Crippen molar-refractivity contribution in [2.24, 2.45) is 5.92 Å². The largest absolute Gasteiger partial charge is 0.393 e. The number of benzene rings is 1. The normalized spacial score (nSPS) is 18.5. The molecule has 0 aliphatic carbocycles. The lowest BCUT2D eigenvalue weighted by Gasteiger charge is -2.30. The second kappa shape index (κ2) is 10.4. The lowest BCUT2D eigenvalue weighted by molar-refractivity contribution is 0.173. The molecule has 0 radical (unpaired) electrons. The van der Waals surface area contributed by atoms with Crippen LogP contribution in [0.3, 0.4) is 0 Å². The van der Waals surface area contributed by atoms with E-state index in [2.05, 4.69) is 22.5 Å². The molecule has 140 valence electrons. The number of urea groups is 1. The van der Waals surface area contributed by atoms with Gasteiger partial charge in [0.2, 0.25) is 0 Å². The van der Waals surface area contributed by atoms with Crippen molar-refractivity contribution in [3.63, 3.8) is 0 Å². The van der Waals surface area contributed by atoms with Crippen molar-refractivity contribution < 1.29 is 9.90 Å². The molecular formula is C20H33N3O2. The number of carbonyl (C=O) groups excluding carboxylic acids is 1. The molecule has 1 aliphatic rings. The van der Waals surface area contributed by atoms with E-state index in [1.54, 1.807) is 6.92 Å². The van der Waals surface area contributed by atoms with Crippen LogP contribution in [0.1, 0.15) is 44.6 Å². The molecule has 1 heterocycles. The van der Waals surface area contributed by atoms with E-state index in [-0.39, 0.29) is 11.9 Å². The molecular weight excluding hydrogens is 314 g/mol. The summed E-state index contributed by atoms with van der Waals surface area (Å²) in [4.78, 5) is 14.5. The van der Waals surface area contributed by atoms with Crippen LogP contribution >= 0.6 is 0 Å². The second-order valence-corrected chi connectivity index (χ2v) is 7.35. The van der Waals surface area contributed by atoms with Gasteiger partial charge < -0.3 is 20.6 Å². The van der Waals surface area contributed by atoms with Crippen LogP contribution in [-0.4, -0.2) is 54.9 Å². The number of aliphatic hydroxyl groups excluding tert-OH is 1. The van der Waals surface area contributed by atoms with Gasteiger partial charge in [-0.3, -0.25) is 0 Å². The van der Waals surface area contributed by atoms with Crippen molar-refractivity contribution in [1.29, 1.82) is 0 Å². The molecule has 1 fully saturated rings. The Morgan fingerprint density at radius 3 is 2.56 bits per heavy atom. The highest BCUT2D eigenvalue weighted by Gasteiger charge is 2.17. The molecule has 2 rings (SSSR count). The number of aliphatic hydroxyl groups is 1. The van der Waals surface area contributed by atoms with Crippen LogP contribution in [0.2, 0.25) is 0 Å². The topological polar surface area (TPSA) is 64.6 Å². The third kappa shape index (κ3) is 7.45. The van der Waals surface area contributed by atoms with E-state index in [1.807, 2.05) is 30.3 Å². The van der Waals surface area contributed by atoms with Crippen LogP contribution in [0.15, 0.2) is 30.3 Å². The van der Waals surface area contributed by atoms with Crippen LogP contribution < -0.4 is 10.6 Å². The van der Waals surface area contributed by atoms with Gasteiger partial charge in [0, 0.05) is 25.6 Å². The third-order valence-corrected chi connectivity index (χ3v) is 5.00. The van der Waals surface area contributed by atoms with Gasteiger partial charge in [0.1, 0.15) is 0 Å². The smallest absolute Gasteiger partial charge is 0.314 e. The summed E-state index contributed by atoms with van der Waals surface area (Å²) in [6.07, 6.45) is 2.75. The Kier molecular flexibility index (Phi) is 8.22. The summed E-state index contributed by atoms with van der Waals surface area (Å²) in [6, 6.07) is 9.92. The summed E-state index contributed by atoms with van der Waals surface area (Å²) in [5.74, 6) is 0.951. The summed E-state index contributed by atoms with van der Waals surface area (Å²) >= 11 is 0. The second-order valence-electron chi connectivity index (χ2n) is 7.35. The first kappa shape index (κ1) is 19.7. The zero-order valence-corrected chi connectivity index (χ0v) is 15.6. The number of likely N-dealkylation sites (tertiary alicyclic amines) is 1. The molecule has 3 N–H and O–H groups in total. The average molecular weight is 348 g/mol. The van der Waals surface area contributed by atoms with E-state index < -0.39 is 6.10 Å². The molecule has 1 aromatic carbocycles. The lowest BCUT2D eigenvalue weighted by Crippen LogP contribution is -2.43. The Morgan fingerprint density at radius 1 is 1.24 bits per heavy atom. The van der Waals surface area contributed by atoms with Crippen LogP contribution in [0.5, 0.6) is 0 Å². The van der Waals surface area contributed by atoms with Crippen molar-refractivity contribution in [1.82, 2.24) is 15.5 Å². The number of piperidine rings is 1. The molecule has 2 atom stereocenters. The highest BCUT2D eigenvalue weighted by atomic mass is 16.3. The Bertz CT molecular complexity index is 499. The molecule has 5 heteroatoms. The fourth-order valence-electron chi connectivity index (χ4n) is 3.37. The Morgan fingerprint density at radius 2 is 1.92 bits per heavy atom. The van der Waals surface area contributed by atoms with Gasteiger partial charge in [-0.25, -0.2) is 4.79 Å². The van der Waals surface area contributed by atoms with E-state index in [1.165, 1.54) is 12.8 Å². The standard InChI is InChI=1S/C20H33N3O2/c1-16-8-11-23(12-9-16)13-10-21-20(25)22-15-19(14-17(2)24)18-6-4-3-5-7-18/h3-7,16-17,19,24H,8-15H2,1-2H3,(H2,21,22,25). The maximum Gasteiger partial charge on any atom is 0.314 e. The summed E-state index contributed by atoms with van der Waals surface area (Å²) in [7, 11) is 0. The first-order valence-electron chi connectivity index (χ1n) is 9.51. The van der Waals surface area contributed by atoms with Gasteiger partial charge in [-0.1, -0.05) is 37.3 Å². The fourth-order valence-corrected chi connectivity index (χ4v) is 3.37. The maximum atomic E-state index is 12.1. The lowest BCUT2D eigenvalue weighted by atomic mass is 9.93. The van der Waals surface area contributed by atoms with Crippen LogP contribution in [-0.2, 0) is 0 Å². The minimum Gasteiger partial charge on any atom is -0.393 e. The molecule has 0 bridgehead atoms. The van der Waals surface area contributed by atoms with E-state index >= 15 is 0 Å². The highest BCUT2D eigenvalue weighted by Crippen LogP contribution is 2.20. The van der Waals surface area contributed by atoms with Crippen molar-refractivity contribution >= 4 is 6.03 Å². The quantitative estimate of drug-likeness (QED) is 0.677. The van der Waals surface area contributed by atoms with E-state index in [0.29, 0.717) is 19.5 Å². The number of hydrogen-bond donors (Lipinski definition) is 3. The zero-order chi connectivity index (χ0) is 18.1. The number of nitrogens with zero attached hydrogens (tertiary/aromatic N) is 1. The van der Waals surface area contributed by atoms with Gasteiger partial charge in [-0.2, -0.15) is 0 Å². The van der Waals surface area contributed by atoms with E-state index in [9.17, 15) is 9.90 Å². The minimum absolute atomic E-state index is 0.121. The highest BCUT2D eigenvalue weighted by molar-refractivity contribution is 5.73. The monoisotopic (exact) mass is 347 g/mol. The first-order chi connectivity index (χ1) is 12.0. The fraction of sp³-hybridized carbons (Fsp3) is 0.650. The molecule has 1 saturated heterocycles. The Labute approximate surface area is 151 Å². The number of amides is 2. The molecule has 0 saturated carbocycles. The van der Waals surface area contributed by atoms with Crippen molar-refractivity contribution in [3.05, 3.63) is 35.9 Å². The predicted octanol–water partition coefficient (Wildman–Crippen LogP) is 2.57. The molecule has 25 heavy (non-hydrogen) atoms. The SMILES string of the molecule is CC(O)CC(CNC(=O)NCCN1CCC(C)CC1)c1ccccc1. The average Bonchev–Trinajstić information content (AvgIpc) is 2.61. The summed E-state index contributed by atoms with van der Waals surface area (Å²) in [6.45, 7) is 8.48. The van der Waals surface area contributed by atoms with E-state index in [0.717, 1.165) is 31.1 Å². The van der Waals surface area contributed by atoms with Gasteiger partial charge in [0.15, 0.2) is 0 Å². The number of rotatable bonds is 8. The summed E-state index contributed by atoms with van der Waals surface area (Å²) in [5.41, 5.74) is 1.14. The summed E-state index contributed by atoms with van der Waals surface area (Å²) < 4.78 is 0. The minimum atomic E-state index is -0.392. The van der Waals surface area contributed by atoms with Gasteiger partial charge in [0.05, 0.1) is 6.10 Å². The molecule has 1 aliphatic heterocycles. The third-order valence-electron chi connectivity index (χ3n) is 5.00. The van der Waals surface area contributed by atoms with Crippen LogP contribution in [0, 0.1) is 5.92 Å². The number of nitrogens with one attached hydrogen (secondary N) is 2. The van der Waals surface area contributed by atoms with Crippen molar-refractivity contribution in [2.45, 2.75) is 45.1 Å². The van der Waals surface area contributed by atoms with E-state index in [4.69, 9.17) is 0 Å². The predicted molar refractivity (Wildman–Crippen MR) is 102 cm³/mol. The van der Waals surface area contributed by atoms with Crippen molar-refractivity contribution in [3.8, 4) is 0 Å². The van der Waals surface area contributed by atoms with Crippen molar-refractivity contribution in [2.75, 3.05) is 32.7 Å². The zero-order valence-electron chi connectivity index (χ0n) is 15.6. The van der Waals surface area contributed by atoms with Crippen LogP contribution in [0.4, 0.5) is 4.79 Å². The van der Waals surface area contributed by atoms with Gasteiger partial charge in [-0.15, -0.1) is 0 Å². The molecule has 2 amide bonds. The summed E-state index contributed by atoms with van der Waals surface area (Å²) in [5, 5.41) is 15.6. The first-order valence-corrected chi connectivity index (χ1v) is 9.51. The molecule has 2 unspecified atom stereocenters. The Hall–Kier alpha value is -1.59.